The zero-order valence-corrected chi connectivity index (χ0v) is 17.4. The molecule has 1 heterocycles. The number of hydrogen-bond donors (Lipinski definition) is 0. The Hall–Kier alpha value is -2.81. The largest absolute Gasteiger partial charge is 0.467 e. The third kappa shape index (κ3) is 6.08. The number of piperazine rings is 1. The molecule has 2 amide bonds. The monoisotopic (exact) mass is 408 g/mol. The molecule has 0 aliphatic carbocycles. The predicted molar refractivity (Wildman–Crippen MR) is 103 cm³/mol. The molecule has 1 aromatic rings. The van der Waals surface area contributed by atoms with Crippen LogP contribution in [0.4, 0.5) is 9.59 Å². The fourth-order valence-electron chi connectivity index (χ4n) is 2.88. The van der Waals surface area contributed by atoms with Gasteiger partial charge in [-0.1, -0.05) is 30.3 Å². The van der Waals surface area contributed by atoms with Gasteiger partial charge in [-0.05, 0) is 26.3 Å². The van der Waals surface area contributed by atoms with Crippen molar-refractivity contribution in [3.8, 4) is 0 Å². The summed E-state index contributed by atoms with van der Waals surface area (Å²) in [4.78, 5) is 40.1. The predicted octanol–water partition coefficient (Wildman–Crippen LogP) is 2.39. The Balaban J connectivity index is 2.15. The van der Waals surface area contributed by atoms with Gasteiger partial charge in [0.25, 0.3) is 0 Å². The van der Waals surface area contributed by atoms with Crippen molar-refractivity contribution < 1.29 is 33.3 Å². The number of amides is 2. The first-order valence-corrected chi connectivity index (χ1v) is 9.24. The number of nitrogens with zero attached hydrogens (tertiary/aromatic N) is 2. The molecular weight excluding hydrogens is 380 g/mol. The highest BCUT2D eigenvalue weighted by Gasteiger charge is 2.45. The molecule has 0 N–H and O–H groups in total. The Morgan fingerprint density at radius 3 is 2.24 bits per heavy atom. The maximum atomic E-state index is 12.7. The van der Waals surface area contributed by atoms with Crippen LogP contribution in [-0.2, 0) is 30.3 Å². The molecule has 0 aromatic heterocycles. The number of carbonyl (C=O) groups is 3. The van der Waals surface area contributed by atoms with E-state index in [0.717, 1.165) is 10.5 Å². The van der Waals surface area contributed by atoms with Crippen LogP contribution in [0.5, 0.6) is 0 Å². The second kappa shape index (κ2) is 9.60. The van der Waals surface area contributed by atoms with Crippen LogP contribution >= 0.6 is 0 Å². The van der Waals surface area contributed by atoms with Gasteiger partial charge in [0.1, 0.15) is 12.2 Å². The topological polar surface area (TPSA) is 94.6 Å². The molecule has 1 aliphatic rings. The standard InChI is InChI=1S/C20H28N2O7/c1-20(2,3)29-19(25)22-15(17(23)27-5)11-21(12-16(22)26-4)18(24)28-13-14-9-7-6-8-10-14/h6-10,15-16H,11-13H2,1-5H3. The van der Waals surface area contributed by atoms with Crippen molar-refractivity contribution in [1.29, 1.82) is 0 Å². The molecule has 2 rings (SSSR count). The number of ether oxygens (including phenoxy) is 4. The van der Waals surface area contributed by atoms with Crippen LogP contribution in [0, 0.1) is 0 Å². The molecule has 0 spiro atoms. The molecule has 9 nitrogen and oxygen atoms in total. The highest BCUT2D eigenvalue weighted by molar-refractivity contribution is 5.83. The summed E-state index contributed by atoms with van der Waals surface area (Å²) in [6.07, 6.45) is -2.24. The Labute approximate surface area is 170 Å². The van der Waals surface area contributed by atoms with Gasteiger partial charge in [0.05, 0.1) is 20.2 Å². The van der Waals surface area contributed by atoms with Gasteiger partial charge in [0.15, 0.2) is 12.3 Å². The van der Waals surface area contributed by atoms with E-state index < -0.39 is 36.0 Å². The van der Waals surface area contributed by atoms with Gasteiger partial charge in [0.2, 0.25) is 0 Å². The summed E-state index contributed by atoms with van der Waals surface area (Å²) in [5.74, 6) is -0.682. The van der Waals surface area contributed by atoms with Crippen LogP contribution in [0.25, 0.3) is 0 Å². The summed E-state index contributed by atoms with van der Waals surface area (Å²) in [6, 6.07) is 8.14. The van der Waals surface area contributed by atoms with Crippen molar-refractivity contribution in [3.05, 3.63) is 35.9 Å². The van der Waals surface area contributed by atoms with Crippen LogP contribution in [0.1, 0.15) is 26.3 Å². The lowest BCUT2D eigenvalue weighted by molar-refractivity contribution is -0.160. The smallest absolute Gasteiger partial charge is 0.413 e. The van der Waals surface area contributed by atoms with Crippen molar-refractivity contribution in [2.45, 2.75) is 45.2 Å². The summed E-state index contributed by atoms with van der Waals surface area (Å²) in [5, 5.41) is 0. The van der Waals surface area contributed by atoms with Crippen molar-refractivity contribution in [3.63, 3.8) is 0 Å². The fourth-order valence-corrected chi connectivity index (χ4v) is 2.88. The van der Waals surface area contributed by atoms with Gasteiger partial charge in [-0.3, -0.25) is 4.90 Å². The molecule has 29 heavy (non-hydrogen) atoms. The lowest BCUT2D eigenvalue weighted by atomic mass is 10.1. The minimum Gasteiger partial charge on any atom is -0.467 e. The van der Waals surface area contributed by atoms with E-state index in [9.17, 15) is 14.4 Å². The normalized spacial score (nSPS) is 19.5. The van der Waals surface area contributed by atoms with Gasteiger partial charge in [-0.25, -0.2) is 14.4 Å². The molecule has 160 valence electrons. The van der Waals surface area contributed by atoms with Gasteiger partial charge in [-0.2, -0.15) is 0 Å². The summed E-state index contributed by atoms with van der Waals surface area (Å²) in [6.45, 7) is 5.17. The minimum atomic E-state index is -1.09. The number of benzene rings is 1. The fraction of sp³-hybridized carbons (Fsp3) is 0.550. The van der Waals surface area contributed by atoms with E-state index in [-0.39, 0.29) is 19.7 Å². The van der Waals surface area contributed by atoms with E-state index >= 15 is 0 Å². The highest BCUT2D eigenvalue weighted by atomic mass is 16.6. The Bertz CT molecular complexity index is 717. The third-order valence-corrected chi connectivity index (χ3v) is 4.23. The van der Waals surface area contributed by atoms with Crippen LogP contribution in [0.3, 0.4) is 0 Å². The van der Waals surface area contributed by atoms with E-state index in [4.69, 9.17) is 18.9 Å². The summed E-state index contributed by atoms with van der Waals surface area (Å²) in [7, 11) is 2.60. The maximum absolute atomic E-state index is 12.7. The van der Waals surface area contributed by atoms with Gasteiger partial charge >= 0.3 is 18.2 Å². The molecule has 2 unspecified atom stereocenters. The van der Waals surface area contributed by atoms with Crippen molar-refractivity contribution >= 4 is 18.2 Å². The molecule has 1 fully saturated rings. The number of carbonyl (C=O) groups excluding carboxylic acids is 3. The minimum absolute atomic E-state index is 0.0247. The quantitative estimate of drug-likeness (QED) is 0.558. The summed E-state index contributed by atoms with van der Waals surface area (Å²) >= 11 is 0. The van der Waals surface area contributed by atoms with Crippen LogP contribution in [0.15, 0.2) is 30.3 Å². The summed E-state index contributed by atoms with van der Waals surface area (Å²) < 4.78 is 20.9. The third-order valence-electron chi connectivity index (χ3n) is 4.23. The van der Waals surface area contributed by atoms with E-state index in [2.05, 4.69) is 0 Å². The Kier molecular flexibility index (Phi) is 7.44. The first-order valence-electron chi connectivity index (χ1n) is 9.24. The van der Waals surface area contributed by atoms with Crippen LogP contribution in [0.2, 0.25) is 0 Å². The number of rotatable bonds is 4. The second-order valence-corrected chi connectivity index (χ2v) is 7.56. The van der Waals surface area contributed by atoms with Crippen molar-refractivity contribution in [2.75, 3.05) is 27.3 Å². The van der Waals surface area contributed by atoms with E-state index in [1.807, 2.05) is 30.3 Å². The average Bonchev–Trinajstić information content (AvgIpc) is 2.69. The maximum Gasteiger partial charge on any atom is 0.413 e. The SMILES string of the molecule is COC(=O)C1CN(C(=O)OCc2ccccc2)CC(OC)N1C(=O)OC(C)(C)C. The molecule has 1 aromatic carbocycles. The van der Waals surface area contributed by atoms with E-state index in [1.54, 1.807) is 20.8 Å². The highest BCUT2D eigenvalue weighted by Crippen LogP contribution is 2.22. The summed E-state index contributed by atoms with van der Waals surface area (Å²) in [5.41, 5.74) is 0.0722. The van der Waals surface area contributed by atoms with E-state index in [1.165, 1.54) is 19.1 Å². The lowest BCUT2D eigenvalue weighted by Gasteiger charge is -2.43. The Morgan fingerprint density at radius 1 is 1.03 bits per heavy atom. The van der Waals surface area contributed by atoms with E-state index in [0.29, 0.717) is 0 Å². The second-order valence-electron chi connectivity index (χ2n) is 7.56. The first-order chi connectivity index (χ1) is 13.7. The molecule has 0 radical (unpaired) electrons. The molecule has 2 atom stereocenters. The zero-order chi connectivity index (χ0) is 21.6. The number of methoxy groups -OCH3 is 2. The number of esters is 1. The van der Waals surface area contributed by atoms with Crippen molar-refractivity contribution in [1.82, 2.24) is 9.80 Å². The van der Waals surface area contributed by atoms with Crippen LogP contribution in [-0.4, -0.2) is 73.1 Å². The molecule has 1 aliphatic heterocycles. The molecule has 0 bridgehead atoms. The average molecular weight is 408 g/mol. The first kappa shape index (κ1) is 22.5. The van der Waals surface area contributed by atoms with Gasteiger partial charge in [-0.15, -0.1) is 0 Å². The van der Waals surface area contributed by atoms with Gasteiger partial charge < -0.3 is 23.8 Å². The molecular formula is C20H28N2O7. The zero-order valence-electron chi connectivity index (χ0n) is 17.4. The molecule has 0 saturated carbocycles. The molecule has 9 heteroatoms. The Morgan fingerprint density at radius 2 is 1.69 bits per heavy atom. The lowest BCUT2D eigenvalue weighted by Crippen LogP contribution is -2.65. The number of hydrogen-bond acceptors (Lipinski definition) is 7. The van der Waals surface area contributed by atoms with Crippen LogP contribution < -0.4 is 0 Å². The van der Waals surface area contributed by atoms with Gasteiger partial charge in [0, 0.05) is 7.11 Å². The van der Waals surface area contributed by atoms with Crippen molar-refractivity contribution in [2.24, 2.45) is 0 Å². The molecule has 1 saturated heterocycles.